The molecule has 0 radical (unpaired) electrons. The Morgan fingerprint density at radius 3 is 3.00 bits per heavy atom. The van der Waals surface area contributed by atoms with Crippen molar-refractivity contribution in [2.24, 2.45) is 0 Å². The second-order valence-electron chi connectivity index (χ2n) is 5.72. The largest absolute Gasteiger partial charge is 0.481 e. The summed E-state index contributed by atoms with van der Waals surface area (Å²) < 4.78 is 1.82. The average molecular weight is 301 g/mol. The SMILES string of the molecule is O=C(O)CCC1CCCCN1C(=O)c1ccc2cncn2c1. The topological polar surface area (TPSA) is 74.9 Å². The average Bonchev–Trinajstić information content (AvgIpc) is 3.00. The highest BCUT2D eigenvalue weighted by atomic mass is 16.4. The maximum Gasteiger partial charge on any atom is 0.303 e. The fourth-order valence-corrected chi connectivity index (χ4v) is 3.07. The van der Waals surface area contributed by atoms with E-state index in [9.17, 15) is 9.59 Å². The summed E-state index contributed by atoms with van der Waals surface area (Å²) in [7, 11) is 0. The van der Waals surface area contributed by atoms with Gasteiger partial charge in [-0.15, -0.1) is 0 Å². The standard InChI is InChI=1S/C16H19N3O3/c20-15(21)7-6-13-3-1-2-8-19(13)16(22)12-4-5-14-9-17-11-18(14)10-12/h4-5,9-11,13H,1-3,6-8H2,(H,20,21). The van der Waals surface area contributed by atoms with E-state index in [1.165, 1.54) is 0 Å². The van der Waals surface area contributed by atoms with Crippen LogP contribution in [0.3, 0.4) is 0 Å². The molecule has 1 aliphatic rings. The van der Waals surface area contributed by atoms with Gasteiger partial charge in [-0.25, -0.2) is 4.98 Å². The van der Waals surface area contributed by atoms with Crippen molar-refractivity contribution in [3.05, 3.63) is 36.4 Å². The van der Waals surface area contributed by atoms with Crippen LogP contribution in [0.1, 0.15) is 42.5 Å². The Balaban J connectivity index is 1.79. The molecule has 2 aromatic heterocycles. The van der Waals surface area contributed by atoms with Crippen molar-refractivity contribution in [2.45, 2.75) is 38.1 Å². The van der Waals surface area contributed by atoms with E-state index in [1.54, 1.807) is 18.7 Å². The first-order valence-corrected chi connectivity index (χ1v) is 7.59. The molecule has 1 aliphatic heterocycles. The maximum absolute atomic E-state index is 12.8. The lowest BCUT2D eigenvalue weighted by molar-refractivity contribution is -0.137. The molecule has 2 aromatic rings. The van der Waals surface area contributed by atoms with E-state index in [0.29, 0.717) is 18.5 Å². The highest BCUT2D eigenvalue weighted by Crippen LogP contribution is 2.23. The number of pyridine rings is 1. The fraction of sp³-hybridized carbons (Fsp3) is 0.438. The molecule has 0 aromatic carbocycles. The summed E-state index contributed by atoms with van der Waals surface area (Å²) in [5.74, 6) is -0.830. The van der Waals surface area contributed by atoms with E-state index < -0.39 is 5.97 Å². The van der Waals surface area contributed by atoms with E-state index in [2.05, 4.69) is 4.98 Å². The van der Waals surface area contributed by atoms with Crippen LogP contribution in [0.15, 0.2) is 30.9 Å². The lowest BCUT2D eigenvalue weighted by Crippen LogP contribution is -2.44. The van der Waals surface area contributed by atoms with Gasteiger partial charge in [0.15, 0.2) is 0 Å². The van der Waals surface area contributed by atoms with Gasteiger partial charge in [0.1, 0.15) is 0 Å². The number of carbonyl (C=O) groups excluding carboxylic acids is 1. The van der Waals surface area contributed by atoms with Gasteiger partial charge < -0.3 is 14.4 Å². The minimum atomic E-state index is -0.808. The van der Waals surface area contributed by atoms with Gasteiger partial charge in [-0.1, -0.05) is 0 Å². The van der Waals surface area contributed by atoms with Crippen molar-refractivity contribution in [2.75, 3.05) is 6.54 Å². The Hall–Kier alpha value is -2.37. The smallest absolute Gasteiger partial charge is 0.303 e. The summed E-state index contributed by atoms with van der Waals surface area (Å²) in [6, 6.07) is 3.70. The summed E-state index contributed by atoms with van der Waals surface area (Å²) in [5, 5.41) is 8.87. The normalized spacial score (nSPS) is 18.5. The Morgan fingerprint density at radius 2 is 2.18 bits per heavy atom. The monoisotopic (exact) mass is 301 g/mol. The molecule has 3 heterocycles. The fourth-order valence-electron chi connectivity index (χ4n) is 3.07. The number of aliphatic carboxylic acids is 1. The first-order chi connectivity index (χ1) is 10.6. The zero-order chi connectivity index (χ0) is 15.5. The summed E-state index contributed by atoms with van der Waals surface area (Å²) in [6.45, 7) is 0.699. The summed E-state index contributed by atoms with van der Waals surface area (Å²) in [5.41, 5.74) is 1.56. The molecule has 3 rings (SSSR count). The zero-order valence-corrected chi connectivity index (χ0v) is 12.3. The zero-order valence-electron chi connectivity index (χ0n) is 12.3. The first-order valence-electron chi connectivity index (χ1n) is 7.59. The van der Waals surface area contributed by atoms with E-state index in [0.717, 1.165) is 24.8 Å². The second-order valence-corrected chi connectivity index (χ2v) is 5.72. The Bertz CT molecular complexity index is 695. The third-order valence-electron chi connectivity index (χ3n) is 4.23. The number of rotatable bonds is 4. The number of fused-ring (bicyclic) bond motifs is 1. The van der Waals surface area contributed by atoms with Crippen LogP contribution in [0.4, 0.5) is 0 Å². The molecule has 1 fully saturated rings. The number of likely N-dealkylation sites (tertiary alicyclic amines) is 1. The summed E-state index contributed by atoms with van der Waals surface area (Å²) in [6.07, 6.45) is 8.73. The van der Waals surface area contributed by atoms with Gasteiger partial charge in [0, 0.05) is 25.2 Å². The highest BCUT2D eigenvalue weighted by molar-refractivity contribution is 5.94. The predicted molar refractivity (Wildman–Crippen MR) is 80.7 cm³/mol. The van der Waals surface area contributed by atoms with Gasteiger partial charge in [0.05, 0.1) is 23.6 Å². The molecule has 6 nitrogen and oxygen atoms in total. The molecule has 6 heteroatoms. The van der Waals surface area contributed by atoms with Crippen LogP contribution in [0, 0.1) is 0 Å². The van der Waals surface area contributed by atoms with Crippen molar-refractivity contribution < 1.29 is 14.7 Å². The number of nitrogens with zero attached hydrogens (tertiary/aromatic N) is 3. The third kappa shape index (κ3) is 2.95. The quantitative estimate of drug-likeness (QED) is 0.939. The number of carboxylic acid groups (broad SMARTS) is 1. The van der Waals surface area contributed by atoms with Crippen LogP contribution in [0.25, 0.3) is 5.52 Å². The van der Waals surface area contributed by atoms with Crippen LogP contribution in [-0.4, -0.2) is 43.9 Å². The number of aromatic nitrogens is 2. The molecule has 1 saturated heterocycles. The maximum atomic E-state index is 12.8. The predicted octanol–water partition coefficient (Wildman–Crippen LogP) is 2.19. The van der Waals surface area contributed by atoms with E-state index in [-0.39, 0.29) is 18.4 Å². The van der Waals surface area contributed by atoms with Gasteiger partial charge in [-0.3, -0.25) is 9.59 Å². The number of carboxylic acids is 1. The molecule has 0 bridgehead atoms. The highest BCUT2D eigenvalue weighted by Gasteiger charge is 2.27. The van der Waals surface area contributed by atoms with E-state index >= 15 is 0 Å². The summed E-state index contributed by atoms with van der Waals surface area (Å²) in [4.78, 5) is 29.4. The molecule has 0 aliphatic carbocycles. The van der Waals surface area contributed by atoms with Crippen molar-refractivity contribution in [1.82, 2.24) is 14.3 Å². The van der Waals surface area contributed by atoms with Crippen molar-refractivity contribution in [1.29, 1.82) is 0 Å². The molecule has 1 N–H and O–H groups in total. The minimum Gasteiger partial charge on any atom is -0.481 e. The van der Waals surface area contributed by atoms with Crippen molar-refractivity contribution >= 4 is 17.4 Å². The Kier molecular flexibility index (Phi) is 4.09. The number of piperidine rings is 1. The molecular weight excluding hydrogens is 282 g/mol. The van der Waals surface area contributed by atoms with Crippen LogP contribution >= 0.6 is 0 Å². The van der Waals surface area contributed by atoms with Crippen LogP contribution in [0.2, 0.25) is 0 Å². The Morgan fingerprint density at radius 1 is 1.32 bits per heavy atom. The lowest BCUT2D eigenvalue weighted by atomic mass is 9.97. The summed E-state index contributed by atoms with van der Waals surface area (Å²) >= 11 is 0. The lowest BCUT2D eigenvalue weighted by Gasteiger charge is -2.35. The van der Waals surface area contributed by atoms with E-state index in [4.69, 9.17) is 5.11 Å². The molecule has 1 amide bonds. The first kappa shape index (κ1) is 14.6. The van der Waals surface area contributed by atoms with Gasteiger partial charge in [-0.05, 0) is 37.8 Å². The number of hydrogen-bond donors (Lipinski definition) is 1. The third-order valence-corrected chi connectivity index (χ3v) is 4.23. The molecule has 116 valence electrons. The number of hydrogen-bond acceptors (Lipinski definition) is 3. The van der Waals surface area contributed by atoms with Crippen molar-refractivity contribution in [3.63, 3.8) is 0 Å². The van der Waals surface area contributed by atoms with Crippen LogP contribution in [0.5, 0.6) is 0 Å². The molecule has 0 saturated carbocycles. The van der Waals surface area contributed by atoms with Crippen LogP contribution in [-0.2, 0) is 4.79 Å². The van der Waals surface area contributed by atoms with E-state index in [1.807, 2.05) is 21.4 Å². The molecule has 1 unspecified atom stereocenters. The Labute approximate surface area is 128 Å². The van der Waals surface area contributed by atoms with Gasteiger partial charge in [0.25, 0.3) is 5.91 Å². The van der Waals surface area contributed by atoms with Gasteiger partial charge in [0.2, 0.25) is 0 Å². The molecule has 0 spiro atoms. The van der Waals surface area contributed by atoms with Crippen molar-refractivity contribution in [3.8, 4) is 0 Å². The van der Waals surface area contributed by atoms with Gasteiger partial charge >= 0.3 is 5.97 Å². The number of imidazole rings is 1. The van der Waals surface area contributed by atoms with Gasteiger partial charge in [-0.2, -0.15) is 0 Å². The minimum absolute atomic E-state index is 0.0225. The number of amides is 1. The van der Waals surface area contributed by atoms with Crippen LogP contribution < -0.4 is 0 Å². The molecular formula is C16H19N3O3. The number of carbonyl (C=O) groups is 2. The second kappa shape index (κ2) is 6.17. The molecule has 22 heavy (non-hydrogen) atoms. The molecule has 1 atom stereocenters.